The molecule has 0 saturated heterocycles. The van der Waals surface area contributed by atoms with Gasteiger partial charge in [-0.05, 0) is 45.9 Å². The Morgan fingerprint density at radius 2 is 1.94 bits per heavy atom. The standard InChI is InChI=1S/C15H22N2O/c1-10(2)17-8-12(9-18-11(3)4)14-7-13(16)5-6-15(14)17/h5-8,10-11H,9,16H2,1-4H3. The monoisotopic (exact) mass is 246 g/mol. The van der Waals surface area contributed by atoms with E-state index >= 15 is 0 Å². The number of rotatable bonds is 4. The Morgan fingerprint density at radius 3 is 2.56 bits per heavy atom. The fraction of sp³-hybridized carbons (Fsp3) is 0.467. The van der Waals surface area contributed by atoms with Crippen molar-refractivity contribution < 1.29 is 4.74 Å². The van der Waals surface area contributed by atoms with Crippen molar-refractivity contribution in [3.63, 3.8) is 0 Å². The van der Waals surface area contributed by atoms with E-state index in [4.69, 9.17) is 10.5 Å². The van der Waals surface area contributed by atoms with E-state index < -0.39 is 0 Å². The molecule has 0 saturated carbocycles. The Labute approximate surface area is 109 Å². The minimum atomic E-state index is 0.239. The summed E-state index contributed by atoms with van der Waals surface area (Å²) in [5.74, 6) is 0. The van der Waals surface area contributed by atoms with Gasteiger partial charge in [0.1, 0.15) is 0 Å². The molecule has 3 heteroatoms. The highest BCUT2D eigenvalue weighted by Gasteiger charge is 2.11. The SMILES string of the molecule is CC(C)OCc1cn(C(C)C)c2ccc(N)cc12. The van der Waals surface area contributed by atoms with Gasteiger partial charge in [0.25, 0.3) is 0 Å². The van der Waals surface area contributed by atoms with E-state index in [-0.39, 0.29) is 6.10 Å². The van der Waals surface area contributed by atoms with Crippen molar-refractivity contribution >= 4 is 16.6 Å². The zero-order valence-corrected chi connectivity index (χ0v) is 11.6. The summed E-state index contributed by atoms with van der Waals surface area (Å²) >= 11 is 0. The number of nitrogens with two attached hydrogens (primary N) is 1. The molecular formula is C15H22N2O. The highest BCUT2D eigenvalue weighted by Crippen LogP contribution is 2.27. The largest absolute Gasteiger partial charge is 0.399 e. The molecule has 1 heterocycles. The van der Waals surface area contributed by atoms with Gasteiger partial charge < -0.3 is 15.0 Å². The lowest BCUT2D eigenvalue weighted by atomic mass is 10.1. The van der Waals surface area contributed by atoms with Crippen LogP contribution in [0.3, 0.4) is 0 Å². The summed E-state index contributed by atoms with van der Waals surface area (Å²) in [6.45, 7) is 9.11. The molecule has 98 valence electrons. The third-order valence-corrected chi connectivity index (χ3v) is 3.07. The minimum Gasteiger partial charge on any atom is -0.399 e. The Kier molecular flexibility index (Phi) is 3.62. The van der Waals surface area contributed by atoms with Crippen LogP contribution in [0, 0.1) is 0 Å². The Bertz CT molecular complexity index is 541. The number of ether oxygens (including phenoxy) is 1. The average Bonchev–Trinajstić information content (AvgIpc) is 2.64. The minimum absolute atomic E-state index is 0.239. The van der Waals surface area contributed by atoms with Gasteiger partial charge in [-0.25, -0.2) is 0 Å². The molecule has 0 aliphatic heterocycles. The van der Waals surface area contributed by atoms with Crippen molar-refractivity contribution in [1.29, 1.82) is 0 Å². The Morgan fingerprint density at radius 1 is 1.22 bits per heavy atom. The van der Waals surface area contributed by atoms with Crippen molar-refractivity contribution in [3.8, 4) is 0 Å². The van der Waals surface area contributed by atoms with Crippen LogP contribution in [0.2, 0.25) is 0 Å². The van der Waals surface area contributed by atoms with E-state index in [2.05, 4.69) is 44.5 Å². The van der Waals surface area contributed by atoms with Crippen molar-refractivity contribution in [2.24, 2.45) is 0 Å². The second-order valence-electron chi connectivity index (χ2n) is 5.29. The number of hydrogen-bond acceptors (Lipinski definition) is 2. The van der Waals surface area contributed by atoms with Crippen molar-refractivity contribution in [1.82, 2.24) is 4.57 Å². The van der Waals surface area contributed by atoms with Crippen LogP contribution in [0.5, 0.6) is 0 Å². The average molecular weight is 246 g/mol. The molecule has 0 unspecified atom stereocenters. The first-order valence-corrected chi connectivity index (χ1v) is 6.49. The van der Waals surface area contributed by atoms with E-state index in [9.17, 15) is 0 Å². The number of fused-ring (bicyclic) bond motifs is 1. The van der Waals surface area contributed by atoms with Gasteiger partial charge in [-0.3, -0.25) is 0 Å². The van der Waals surface area contributed by atoms with E-state index in [1.807, 2.05) is 12.1 Å². The lowest BCUT2D eigenvalue weighted by molar-refractivity contribution is 0.0663. The molecule has 0 bridgehead atoms. The van der Waals surface area contributed by atoms with Crippen LogP contribution in [0.25, 0.3) is 10.9 Å². The van der Waals surface area contributed by atoms with Gasteiger partial charge in [0.05, 0.1) is 12.7 Å². The molecule has 1 aromatic heterocycles. The number of benzene rings is 1. The first kappa shape index (κ1) is 13.0. The molecule has 0 atom stereocenters. The van der Waals surface area contributed by atoms with Crippen LogP contribution < -0.4 is 5.73 Å². The first-order chi connectivity index (χ1) is 8.49. The Balaban J connectivity index is 2.48. The summed E-state index contributed by atoms with van der Waals surface area (Å²) in [5.41, 5.74) is 9.12. The van der Waals surface area contributed by atoms with E-state index in [0.717, 1.165) is 5.69 Å². The maximum absolute atomic E-state index is 5.88. The molecule has 0 aliphatic carbocycles. The maximum atomic E-state index is 5.88. The highest BCUT2D eigenvalue weighted by atomic mass is 16.5. The lowest BCUT2D eigenvalue weighted by Gasteiger charge is -2.08. The first-order valence-electron chi connectivity index (χ1n) is 6.49. The summed E-state index contributed by atoms with van der Waals surface area (Å²) in [7, 11) is 0. The van der Waals surface area contributed by atoms with Crippen LogP contribution in [0.4, 0.5) is 5.69 Å². The van der Waals surface area contributed by atoms with Crippen LogP contribution in [0.15, 0.2) is 24.4 Å². The molecule has 2 aromatic rings. The molecule has 0 amide bonds. The van der Waals surface area contributed by atoms with Crippen LogP contribution in [0.1, 0.15) is 39.3 Å². The number of nitrogens with zero attached hydrogens (tertiary/aromatic N) is 1. The second kappa shape index (κ2) is 5.02. The molecular weight excluding hydrogens is 224 g/mol. The van der Waals surface area contributed by atoms with E-state index in [1.54, 1.807) is 0 Å². The number of nitrogen functional groups attached to an aromatic ring is 1. The summed E-state index contributed by atoms with van der Waals surface area (Å²) < 4.78 is 7.99. The fourth-order valence-corrected chi connectivity index (χ4v) is 2.14. The summed E-state index contributed by atoms with van der Waals surface area (Å²) in [5, 5.41) is 1.20. The second-order valence-corrected chi connectivity index (χ2v) is 5.29. The van der Waals surface area contributed by atoms with Crippen LogP contribution in [-0.4, -0.2) is 10.7 Å². The van der Waals surface area contributed by atoms with E-state index in [1.165, 1.54) is 16.5 Å². The molecule has 0 fully saturated rings. The van der Waals surface area contributed by atoms with Crippen LogP contribution >= 0.6 is 0 Å². The van der Waals surface area contributed by atoms with Gasteiger partial charge in [0, 0.05) is 34.4 Å². The van der Waals surface area contributed by atoms with Gasteiger partial charge in [-0.2, -0.15) is 0 Å². The van der Waals surface area contributed by atoms with Gasteiger partial charge >= 0.3 is 0 Å². The molecule has 3 nitrogen and oxygen atoms in total. The summed E-state index contributed by atoms with van der Waals surface area (Å²) in [6.07, 6.45) is 2.42. The predicted octanol–water partition coefficient (Wildman–Crippen LogP) is 3.73. The maximum Gasteiger partial charge on any atom is 0.0741 e. The van der Waals surface area contributed by atoms with Gasteiger partial charge in [0.15, 0.2) is 0 Å². The Hall–Kier alpha value is -1.48. The van der Waals surface area contributed by atoms with E-state index in [0.29, 0.717) is 12.6 Å². The number of aromatic nitrogens is 1. The molecule has 0 aliphatic rings. The molecule has 2 rings (SSSR count). The zero-order chi connectivity index (χ0) is 13.3. The summed E-state index contributed by atoms with van der Waals surface area (Å²) in [6, 6.07) is 6.51. The van der Waals surface area contributed by atoms with Crippen molar-refractivity contribution in [2.45, 2.75) is 46.4 Å². The number of hydrogen-bond donors (Lipinski definition) is 1. The van der Waals surface area contributed by atoms with Crippen LogP contribution in [-0.2, 0) is 11.3 Å². The van der Waals surface area contributed by atoms with Gasteiger partial charge in [0.2, 0.25) is 0 Å². The third kappa shape index (κ3) is 2.51. The lowest BCUT2D eigenvalue weighted by Crippen LogP contribution is -2.02. The third-order valence-electron chi connectivity index (χ3n) is 3.07. The van der Waals surface area contributed by atoms with Gasteiger partial charge in [-0.1, -0.05) is 0 Å². The number of anilines is 1. The summed E-state index contributed by atoms with van der Waals surface area (Å²) in [4.78, 5) is 0. The topological polar surface area (TPSA) is 40.2 Å². The van der Waals surface area contributed by atoms with Crippen molar-refractivity contribution in [2.75, 3.05) is 5.73 Å². The molecule has 18 heavy (non-hydrogen) atoms. The smallest absolute Gasteiger partial charge is 0.0741 e. The fourth-order valence-electron chi connectivity index (χ4n) is 2.14. The predicted molar refractivity (Wildman–Crippen MR) is 76.7 cm³/mol. The van der Waals surface area contributed by atoms with Crippen molar-refractivity contribution in [3.05, 3.63) is 30.0 Å². The molecule has 2 N–H and O–H groups in total. The van der Waals surface area contributed by atoms with Gasteiger partial charge in [-0.15, -0.1) is 0 Å². The highest BCUT2D eigenvalue weighted by molar-refractivity contribution is 5.86. The molecule has 0 radical (unpaired) electrons. The molecule has 1 aromatic carbocycles. The normalized spacial score (nSPS) is 11.9. The quantitative estimate of drug-likeness (QED) is 0.835. The molecule has 0 spiro atoms. The zero-order valence-electron chi connectivity index (χ0n) is 11.6.